The van der Waals surface area contributed by atoms with Crippen LogP contribution in [0.25, 0.3) is 0 Å². The zero-order valence-electron chi connectivity index (χ0n) is 10.5. The molecule has 2 heterocycles. The van der Waals surface area contributed by atoms with Gasteiger partial charge in [-0.3, -0.25) is 15.1 Å². The van der Waals surface area contributed by atoms with Gasteiger partial charge < -0.3 is 10.5 Å². The number of pyridine rings is 1. The van der Waals surface area contributed by atoms with Gasteiger partial charge in [0.2, 0.25) is 11.8 Å². The van der Waals surface area contributed by atoms with Gasteiger partial charge in [-0.2, -0.15) is 4.98 Å². The van der Waals surface area contributed by atoms with Crippen molar-refractivity contribution in [2.45, 2.75) is 6.92 Å². The first kappa shape index (κ1) is 12.7. The fourth-order valence-electron chi connectivity index (χ4n) is 1.48. The number of amides is 1. The van der Waals surface area contributed by atoms with Crippen molar-refractivity contribution in [3.63, 3.8) is 0 Å². The lowest BCUT2D eigenvalue weighted by Crippen LogP contribution is -2.16. The Bertz CT molecular complexity index is 615. The molecule has 0 atom stereocenters. The number of rotatable bonds is 3. The Hall–Kier alpha value is -2.70. The van der Waals surface area contributed by atoms with E-state index in [0.29, 0.717) is 22.8 Å². The van der Waals surface area contributed by atoms with Crippen LogP contribution in [-0.2, 0) is 0 Å². The largest absolute Gasteiger partial charge is 0.481 e. The molecule has 1 amide bonds. The second kappa shape index (κ2) is 5.30. The van der Waals surface area contributed by atoms with Gasteiger partial charge in [0.25, 0.3) is 5.91 Å². The molecule has 0 saturated carbocycles. The Morgan fingerprint density at radius 2 is 2.21 bits per heavy atom. The Balaban J connectivity index is 2.24. The summed E-state index contributed by atoms with van der Waals surface area (Å²) in [6, 6.07) is 3.19. The zero-order valence-corrected chi connectivity index (χ0v) is 10.5. The molecule has 98 valence electrons. The van der Waals surface area contributed by atoms with Crippen molar-refractivity contribution in [2.24, 2.45) is 0 Å². The van der Waals surface area contributed by atoms with Crippen LogP contribution in [0.2, 0.25) is 0 Å². The number of methoxy groups -OCH3 is 1. The van der Waals surface area contributed by atoms with Gasteiger partial charge in [0.05, 0.1) is 24.6 Å². The fourth-order valence-corrected chi connectivity index (χ4v) is 1.48. The van der Waals surface area contributed by atoms with Crippen molar-refractivity contribution in [1.82, 2.24) is 15.0 Å². The number of anilines is 2. The van der Waals surface area contributed by atoms with E-state index in [1.54, 1.807) is 13.0 Å². The minimum Gasteiger partial charge on any atom is -0.481 e. The topological polar surface area (TPSA) is 103 Å². The van der Waals surface area contributed by atoms with Crippen LogP contribution in [0.4, 0.5) is 11.6 Å². The third-order valence-electron chi connectivity index (χ3n) is 2.36. The summed E-state index contributed by atoms with van der Waals surface area (Å²) in [6.45, 7) is 1.78. The third-order valence-corrected chi connectivity index (χ3v) is 2.36. The number of aryl methyl sites for hydroxylation is 1. The van der Waals surface area contributed by atoms with E-state index in [1.165, 1.54) is 25.6 Å². The summed E-state index contributed by atoms with van der Waals surface area (Å²) in [7, 11) is 1.49. The van der Waals surface area contributed by atoms with Crippen molar-refractivity contribution in [1.29, 1.82) is 0 Å². The van der Waals surface area contributed by atoms with Gasteiger partial charge in [-0.15, -0.1) is 0 Å². The number of nitrogen functional groups attached to an aromatic ring is 1. The number of nitrogens with zero attached hydrogens (tertiary/aromatic N) is 3. The van der Waals surface area contributed by atoms with Gasteiger partial charge in [0.15, 0.2) is 0 Å². The van der Waals surface area contributed by atoms with E-state index in [0.717, 1.165) is 0 Å². The molecule has 19 heavy (non-hydrogen) atoms. The molecule has 3 N–H and O–H groups in total. The quantitative estimate of drug-likeness (QED) is 0.853. The van der Waals surface area contributed by atoms with Crippen molar-refractivity contribution >= 4 is 17.5 Å². The van der Waals surface area contributed by atoms with E-state index >= 15 is 0 Å². The first-order valence-electron chi connectivity index (χ1n) is 5.50. The molecule has 2 aromatic rings. The van der Waals surface area contributed by atoms with Crippen LogP contribution in [0.5, 0.6) is 5.88 Å². The molecule has 7 heteroatoms. The monoisotopic (exact) mass is 259 g/mol. The van der Waals surface area contributed by atoms with Gasteiger partial charge in [0.1, 0.15) is 0 Å². The average molecular weight is 259 g/mol. The molecule has 0 aliphatic rings. The lowest BCUT2D eigenvalue weighted by molar-refractivity contribution is 0.102. The summed E-state index contributed by atoms with van der Waals surface area (Å²) < 4.78 is 5.01. The number of hydrogen-bond acceptors (Lipinski definition) is 6. The second-order valence-corrected chi connectivity index (χ2v) is 3.79. The van der Waals surface area contributed by atoms with Crippen molar-refractivity contribution in [2.75, 3.05) is 18.2 Å². The summed E-state index contributed by atoms with van der Waals surface area (Å²) >= 11 is 0. The van der Waals surface area contributed by atoms with Crippen LogP contribution in [0.15, 0.2) is 24.5 Å². The Labute approximate surface area is 109 Å². The lowest BCUT2D eigenvalue weighted by atomic mass is 10.2. The molecule has 0 bridgehead atoms. The first-order chi connectivity index (χ1) is 9.10. The van der Waals surface area contributed by atoms with E-state index in [1.807, 2.05) is 0 Å². The summed E-state index contributed by atoms with van der Waals surface area (Å²) in [5.41, 5.74) is 6.97. The average Bonchev–Trinajstić information content (AvgIpc) is 2.38. The maximum absolute atomic E-state index is 12.0. The number of nitrogens with one attached hydrogen (secondary N) is 1. The maximum Gasteiger partial charge on any atom is 0.260 e. The van der Waals surface area contributed by atoms with E-state index in [9.17, 15) is 4.79 Å². The number of carbonyl (C=O) groups excluding carboxylic acids is 1. The van der Waals surface area contributed by atoms with Gasteiger partial charge in [-0.25, -0.2) is 4.98 Å². The molecule has 0 aliphatic carbocycles. The van der Waals surface area contributed by atoms with Crippen LogP contribution < -0.4 is 15.8 Å². The number of ether oxygens (including phenoxy) is 1. The van der Waals surface area contributed by atoms with Crippen molar-refractivity contribution in [3.05, 3.63) is 35.8 Å². The Morgan fingerprint density at radius 1 is 1.42 bits per heavy atom. The standard InChI is InChI=1S/C12H13N5O2/c1-7-5-10(19-2)16-12(15-7)17-11(18)8-3-4-14-6-9(8)13/h3-6H,13H2,1-2H3,(H,15,16,17,18). The normalized spacial score (nSPS) is 10.0. The summed E-state index contributed by atoms with van der Waals surface area (Å²) in [5.74, 6) is 0.149. The Kier molecular flexibility index (Phi) is 3.56. The summed E-state index contributed by atoms with van der Waals surface area (Å²) in [4.78, 5) is 23.9. The smallest absolute Gasteiger partial charge is 0.260 e. The molecular weight excluding hydrogens is 246 g/mol. The van der Waals surface area contributed by atoms with Gasteiger partial charge in [-0.05, 0) is 13.0 Å². The van der Waals surface area contributed by atoms with Gasteiger partial charge >= 0.3 is 0 Å². The van der Waals surface area contributed by atoms with Gasteiger partial charge in [-0.1, -0.05) is 0 Å². The van der Waals surface area contributed by atoms with Crippen molar-refractivity contribution < 1.29 is 9.53 Å². The summed E-state index contributed by atoms with van der Waals surface area (Å²) in [5, 5.41) is 2.57. The number of hydrogen-bond donors (Lipinski definition) is 2. The molecule has 2 aromatic heterocycles. The van der Waals surface area contributed by atoms with Crippen LogP contribution in [-0.4, -0.2) is 28.0 Å². The van der Waals surface area contributed by atoms with Crippen LogP contribution >= 0.6 is 0 Å². The molecule has 0 unspecified atom stereocenters. The molecule has 0 saturated heterocycles. The first-order valence-corrected chi connectivity index (χ1v) is 5.50. The highest BCUT2D eigenvalue weighted by Crippen LogP contribution is 2.14. The second-order valence-electron chi connectivity index (χ2n) is 3.79. The van der Waals surface area contributed by atoms with Crippen LogP contribution in [0.3, 0.4) is 0 Å². The van der Waals surface area contributed by atoms with E-state index in [2.05, 4.69) is 20.3 Å². The van der Waals surface area contributed by atoms with E-state index in [-0.39, 0.29) is 5.95 Å². The minimum atomic E-state index is -0.396. The van der Waals surface area contributed by atoms with Crippen molar-refractivity contribution in [3.8, 4) is 5.88 Å². The van der Waals surface area contributed by atoms with Crippen LogP contribution in [0.1, 0.15) is 16.1 Å². The highest BCUT2D eigenvalue weighted by atomic mass is 16.5. The van der Waals surface area contributed by atoms with E-state index in [4.69, 9.17) is 10.5 Å². The molecule has 0 spiro atoms. The highest BCUT2D eigenvalue weighted by molar-refractivity contribution is 6.06. The molecule has 0 aliphatic heterocycles. The maximum atomic E-state index is 12.0. The minimum absolute atomic E-state index is 0.165. The SMILES string of the molecule is COc1cc(C)nc(NC(=O)c2ccncc2N)n1. The molecule has 0 fully saturated rings. The molecule has 0 radical (unpaired) electrons. The zero-order chi connectivity index (χ0) is 13.8. The highest BCUT2D eigenvalue weighted by Gasteiger charge is 2.12. The number of aromatic nitrogens is 3. The van der Waals surface area contributed by atoms with Crippen LogP contribution in [0, 0.1) is 6.92 Å². The fraction of sp³-hybridized carbons (Fsp3) is 0.167. The number of nitrogens with two attached hydrogens (primary N) is 1. The molecule has 7 nitrogen and oxygen atoms in total. The van der Waals surface area contributed by atoms with E-state index < -0.39 is 5.91 Å². The van der Waals surface area contributed by atoms with Gasteiger partial charge in [0, 0.05) is 18.0 Å². The molecule has 0 aromatic carbocycles. The third kappa shape index (κ3) is 2.95. The molecular formula is C12H13N5O2. The predicted molar refractivity (Wildman–Crippen MR) is 69.9 cm³/mol. The lowest BCUT2D eigenvalue weighted by Gasteiger charge is -2.07. The molecule has 2 rings (SSSR count). The number of carbonyl (C=O) groups is 1. The predicted octanol–water partition coefficient (Wildman–Crippen LogP) is 1.02. The Morgan fingerprint density at radius 3 is 2.89 bits per heavy atom. The summed E-state index contributed by atoms with van der Waals surface area (Å²) in [6.07, 6.45) is 2.90.